The third-order valence-electron chi connectivity index (χ3n) is 6.66. The molecule has 1 fully saturated rings. The number of azo groups is 1. The van der Waals surface area contributed by atoms with Crippen molar-refractivity contribution in [3.63, 3.8) is 0 Å². The maximum Gasteiger partial charge on any atom is 0.364 e. The Bertz CT molecular complexity index is 1620. The highest BCUT2D eigenvalue weighted by Gasteiger charge is 2.26. The number of aromatic nitrogens is 3. The molecule has 0 radical (unpaired) electrons. The molecule has 2 aromatic carbocycles. The van der Waals surface area contributed by atoms with Crippen molar-refractivity contribution in [2.24, 2.45) is 10.2 Å². The minimum absolute atomic E-state index is 0.0226. The molecule has 0 bridgehead atoms. The lowest BCUT2D eigenvalue weighted by Gasteiger charge is -2.29. The molecular formula is C27H24N8O3. The summed E-state index contributed by atoms with van der Waals surface area (Å²) >= 11 is 0. The van der Waals surface area contributed by atoms with Crippen molar-refractivity contribution in [1.82, 2.24) is 20.5 Å². The average Bonchev–Trinajstić information content (AvgIpc) is 3.53. The van der Waals surface area contributed by atoms with Gasteiger partial charge in [0.05, 0.1) is 28.0 Å². The van der Waals surface area contributed by atoms with Gasteiger partial charge in [0.1, 0.15) is 5.75 Å². The number of pyridine rings is 1. The number of fused-ring (bicyclic) bond motifs is 3. The number of piperazine rings is 1. The third kappa shape index (κ3) is 4.24. The van der Waals surface area contributed by atoms with Gasteiger partial charge in [0.15, 0.2) is 0 Å². The zero-order valence-corrected chi connectivity index (χ0v) is 20.2. The first-order chi connectivity index (χ1) is 18.6. The van der Waals surface area contributed by atoms with Gasteiger partial charge in [-0.25, -0.2) is 4.79 Å². The maximum absolute atomic E-state index is 12.5. The molecule has 1 aliphatic carbocycles. The van der Waals surface area contributed by atoms with Crippen molar-refractivity contribution in [2.45, 2.75) is 0 Å². The van der Waals surface area contributed by atoms with Crippen LogP contribution in [0.15, 0.2) is 77.2 Å². The van der Waals surface area contributed by atoms with Gasteiger partial charge in [0.25, 0.3) is 5.91 Å². The Morgan fingerprint density at radius 1 is 0.921 bits per heavy atom. The molecule has 2 aliphatic heterocycles. The number of carbonyl (C=O) groups excluding carboxylic acids is 2. The Kier molecular flexibility index (Phi) is 6.02. The fraction of sp³-hybridized carbons (Fsp3) is 0.148. The second kappa shape index (κ2) is 9.79. The molecule has 190 valence electrons. The molecule has 3 aliphatic rings. The molecule has 3 heterocycles. The summed E-state index contributed by atoms with van der Waals surface area (Å²) in [6, 6.07) is 15.6. The number of nitrogens with one attached hydrogen (secondary N) is 4. The smallest absolute Gasteiger partial charge is 0.364 e. The first-order valence-electron chi connectivity index (χ1n) is 12.2. The highest BCUT2D eigenvalue weighted by Crippen LogP contribution is 2.50. The minimum atomic E-state index is -0.834. The Balaban J connectivity index is 1.28. The van der Waals surface area contributed by atoms with E-state index in [0.717, 1.165) is 48.5 Å². The zero-order chi connectivity index (χ0) is 26.1. The van der Waals surface area contributed by atoms with Crippen molar-refractivity contribution in [3.8, 4) is 28.3 Å². The molecule has 0 unspecified atom stereocenters. The molecule has 0 atom stereocenters. The molecular weight excluding hydrogens is 484 g/mol. The Hall–Kier alpha value is -5.03. The van der Waals surface area contributed by atoms with E-state index in [9.17, 15) is 14.7 Å². The standard InChI is InChI=1S/C27H24N8O3/c36-25-21-19(2-1-3-20(21)30-27(38)34-33-26(37)17-8-10-28-11-9-17)24-22(25)23(31-32-24)16-4-6-18(7-5-16)35-14-12-29-13-15-35/h1-11,29,31-32,36H,12-15H2,(H,30,38). The molecule has 1 aromatic heterocycles. The number of carbonyl (C=O) groups is 2. The van der Waals surface area contributed by atoms with Crippen LogP contribution in [0, 0.1) is 0 Å². The first-order valence-corrected chi connectivity index (χ1v) is 12.2. The largest absolute Gasteiger partial charge is 0.506 e. The number of H-pyrrole nitrogens is 2. The van der Waals surface area contributed by atoms with E-state index < -0.39 is 11.9 Å². The maximum atomic E-state index is 12.5. The average molecular weight is 509 g/mol. The van der Waals surface area contributed by atoms with Crippen LogP contribution in [0.5, 0.6) is 5.75 Å². The molecule has 6 rings (SSSR count). The number of nitrogens with zero attached hydrogens (tertiary/aromatic N) is 4. The van der Waals surface area contributed by atoms with Gasteiger partial charge in [-0.3, -0.25) is 20.0 Å². The molecule has 0 saturated carbocycles. The van der Waals surface area contributed by atoms with E-state index >= 15 is 0 Å². The SMILES string of the molecule is O=C(N=NC(=O)c1ccncc1)Nc1cccc2c3[nH][nH]c(-c4ccc(N5CCNCC5)cc4)c-3c(O)c12. The number of benzene rings is 2. The van der Waals surface area contributed by atoms with Gasteiger partial charge in [0.2, 0.25) is 0 Å². The Morgan fingerprint density at radius 3 is 2.42 bits per heavy atom. The van der Waals surface area contributed by atoms with Crippen LogP contribution in [0.2, 0.25) is 0 Å². The second-order valence-corrected chi connectivity index (χ2v) is 8.91. The summed E-state index contributed by atoms with van der Waals surface area (Å²) in [4.78, 5) is 30.8. The number of hydrogen-bond acceptors (Lipinski definition) is 6. The topological polar surface area (TPSA) is 151 Å². The molecule has 3 amide bonds. The lowest BCUT2D eigenvalue weighted by Crippen LogP contribution is -2.43. The van der Waals surface area contributed by atoms with E-state index in [2.05, 4.69) is 53.1 Å². The van der Waals surface area contributed by atoms with Crippen molar-refractivity contribution in [3.05, 3.63) is 72.6 Å². The van der Waals surface area contributed by atoms with Crippen molar-refractivity contribution >= 4 is 34.1 Å². The summed E-state index contributed by atoms with van der Waals surface area (Å²) in [5.74, 6) is -0.636. The lowest BCUT2D eigenvalue weighted by atomic mass is 10.1. The van der Waals surface area contributed by atoms with Gasteiger partial charge in [-0.2, -0.15) is 0 Å². The van der Waals surface area contributed by atoms with Crippen LogP contribution in [-0.2, 0) is 0 Å². The summed E-state index contributed by atoms with van der Waals surface area (Å²) in [6.07, 6.45) is 2.91. The number of hydrogen-bond donors (Lipinski definition) is 5. The van der Waals surface area contributed by atoms with Crippen LogP contribution < -0.4 is 15.5 Å². The molecule has 38 heavy (non-hydrogen) atoms. The van der Waals surface area contributed by atoms with E-state index in [1.807, 2.05) is 18.2 Å². The van der Waals surface area contributed by atoms with Gasteiger partial charge in [-0.05, 0) is 30.3 Å². The van der Waals surface area contributed by atoms with Crippen LogP contribution >= 0.6 is 0 Å². The van der Waals surface area contributed by atoms with Crippen molar-refractivity contribution < 1.29 is 14.7 Å². The quantitative estimate of drug-likeness (QED) is 0.224. The molecule has 3 aromatic rings. The van der Waals surface area contributed by atoms with Crippen molar-refractivity contribution in [1.29, 1.82) is 0 Å². The first kappa shape index (κ1) is 23.4. The van der Waals surface area contributed by atoms with Gasteiger partial charge in [0, 0.05) is 60.8 Å². The highest BCUT2D eigenvalue weighted by atomic mass is 16.3. The van der Waals surface area contributed by atoms with E-state index in [-0.39, 0.29) is 11.3 Å². The van der Waals surface area contributed by atoms with Crippen LogP contribution in [0.1, 0.15) is 10.4 Å². The third-order valence-corrected chi connectivity index (χ3v) is 6.66. The molecule has 0 spiro atoms. The predicted molar refractivity (Wildman–Crippen MR) is 144 cm³/mol. The number of rotatable bonds is 4. The van der Waals surface area contributed by atoms with Gasteiger partial charge < -0.3 is 20.6 Å². The molecule has 11 nitrogen and oxygen atoms in total. The Morgan fingerprint density at radius 2 is 1.66 bits per heavy atom. The fourth-order valence-electron chi connectivity index (χ4n) is 4.82. The summed E-state index contributed by atoms with van der Waals surface area (Å²) in [5.41, 5.74) is 4.75. The van der Waals surface area contributed by atoms with Crippen LogP contribution in [0.3, 0.4) is 0 Å². The van der Waals surface area contributed by atoms with E-state index in [1.165, 1.54) is 24.5 Å². The summed E-state index contributed by atoms with van der Waals surface area (Å²) in [7, 11) is 0. The summed E-state index contributed by atoms with van der Waals surface area (Å²) in [5, 5.41) is 31.8. The van der Waals surface area contributed by atoms with Gasteiger partial charge in [-0.1, -0.05) is 29.4 Å². The monoisotopic (exact) mass is 508 g/mol. The summed E-state index contributed by atoms with van der Waals surface area (Å²) in [6.45, 7) is 3.84. The van der Waals surface area contributed by atoms with Crippen LogP contribution in [0.25, 0.3) is 33.3 Å². The number of aromatic hydroxyl groups is 1. The summed E-state index contributed by atoms with van der Waals surface area (Å²) < 4.78 is 0. The number of amides is 3. The van der Waals surface area contributed by atoms with E-state index in [4.69, 9.17) is 0 Å². The minimum Gasteiger partial charge on any atom is -0.506 e. The lowest BCUT2D eigenvalue weighted by molar-refractivity contribution is 0.0994. The Labute approximate surface area is 216 Å². The fourth-order valence-corrected chi connectivity index (χ4v) is 4.82. The molecule has 11 heteroatoms. The molecule has 1 saturated heterocycles. The molecule has 5 N–H and O–H groups in total. The number of aromatic amines is 2. The van der Waals surface area contributed by atoms with E-state index in [1.54, 1.807) is 12.1 Å². The van der Waals surface area contributed by atoms with Crippen LogP contribution in [-0.4, -0.2) is 58.4 Å². The highest BCUT2D eigenvalue weighted by molar-refractivity contribution is 6.16. The van der Waals surface area contributed by atoms with Crippen LogP contribution in [0.4, 0.5) is 16.2 Å². The van der Waals surface area contributed by atoms with Gasteiger partial charge in [-0.15, -0.1) is 5.11 Å². The number of urea groups is 1. The number of anilines is 2. The van der Waals surface area contributed by atoms with Gasteiger partial charge >= 0.3 is 6.03 Å². The zero-order valence-electron chi connectivity index (χ0n) is 20.2. The second-order valence-electron chi connectivity index (χ2n) is 8.91. The van der Waals surface area contributed by atoms with Crippen molar-refractivity contribution in [2.75, 3.05) is 36.4 Å². The normalized spacial score (nSPS) is 13.9. The predicted octanol–water partition coefficient (Wildman–Crippen LogP) is 4.60. The van der Waals surface area contributed by atoms with E-state index in [0.29, 0.717) is 22.3 Å².